The fourth-order valence-corrected chi connectivity index (χ4v) is 39.7. The van der Waals surface area contributed by atoms with Gasteiger partial charge in [-0.1, -0.05) is 444 Å². The molecule has 143 heavy (non-hydrogen) atoms. The van der Waals surface area contributed by atoms with E-state index in [-0.39, 0.29) is 33.6 Å². The van der Waals surface area contributed by atoms with E-state index in [4.69, 9.17) is 0 Å². The van der Waals surface area contributed by atoms with Crippen molar-refractivity contribution in [2.75, 3.05) is 29.4 Å². The van der Waals surface area contributed by atoms with Gasteiger partial charge in [-0.15, -0.1) is 0 Å². The highest BCUT2D eigenvalue weighted by Gasteiger charge is 2.60. The molecule has 720 valence electrons. The molecule has 10 aliphatic rings. The molecule has 0 unspecified atom stereocenters. The average Bonchev–Trinajstić information content (AvgIpc) is 0.648. The molecule has 24 rings (SSSR count). The van der Waals surface area contributed by atoms with E-state index in [2.05, 4.69) is 502 Å². The van der Waals surface area contributed by atoms with Crippen LogP contribution in [0.3, 0.4) is 0 Å². The summed E-state index contributed by atoms with van der Waals surface area (Å²) in [6.45, 7) is 91.2. The minimum Gasteiger partial charge on any atom is -0.312 e. The molecule has 0 amide bonds. The largest absolute Gasteiger partial charge is 0.312 e. The number of anilines is 18. The first kappa shape index (κ1) is 97.2. The minimum atomic E-state index is -1.74. The van der Waals surface area contributed by atoms with Crippen LogP contribution in [0.5, 0.6) is 0 Å². The van der Waals surface area contributed by atoms with E-state index in [1.54, 1.807) is 31.1 Å². The van der Waals surface area contributed by atoms with Gasteiger partial charge >= 0.3 is 0 Å². The van der Waals surface area contributed by atoms with Crippen LogP contribution in [-0.2, 0) is 0 Å². The molecule has 0 radical (unpaired) electrons. The zero-order chi connectivity index (χ0) is 102. The minimum absolute atomic E-state index is 0.0688. The lowest BCUT2D eigenvalue weighted by atomic mass is 9.24. The van der Waals surface area contributed by atoms with Crippen LogP contribution in [0, 0.1) is 0 Å². The summed E-state index contributed by atoms with van der Waals surface area (Å²) in [7, 11) is -20.4. The summed E-state index contributed by atoms with van der Waals surface area (Å²) >= 11 is 0. The van der Waals surface area contributed by atoms with E-state index >= 15 is 0 Å². The summed E-state index contributed by atoms with van der Waals surface area (Å²) in [5, 5.41) is 18.3. The van der Waals surface area contributed by atoms with Crippen molar-refractivity contribution in [2.24, 2.45) is 0 Å². The number of hydrogen-bond donors (Lipinski definition) is 0. The van der Waals surface area contributed by atoms with Crippen LogP contribution >= 0.6 is 0 Å². The van der Waals surface area contributed by atoms with Crippen LogP contribution in [0.1, 0.15) is 0 Å². The lowest BCUT2D eigenvalue weighted by Crippen LogP contribution is -2.75. The van der Waals surface area contributed by atoms with Gasteiger partial charge in [0.2, 0.25) is 0 Å². The number of fused-ring (bicyclic) bond motifs is 28. The predicted octanol–water partition coefficient (Wildman–Crippen LogP) is 16.4. The van der Waals surface area contributed by atoms with E-state index in [0.29, 0.717) is 0 Å². The average molecular weight is 2060 g/mol. The van der Waals surface area contributed by atoms with Crippen molar-refractivity contribution in [1.82, 2.24) is 0 Å². The Bertz CT molecular complexity index is 7010. The first-order valence-corrected chi connectivity index (χ1v) is 95.5. The molecule has 0 aromatic heterocycles. The normalized spacial score (nSPS) is 15.4. The third-order valence-electron chi connectivity index (χ3n) is 34.1. The van der Waals surface area contributed by atoms with Gasteiger partial charge in [0.15, 0.2) is 0 Å². The number of rotatable bonds is 14. The summed E-state index contributed by atoms with van der Waals surface area (Å²) < 4.78 is 0. The van der Waals surface area contributed by atoms with Gasteiger partial charge < -0.3 is 29.4 Å². The van der Waals surface area contributed by atoms with Crippen LogP contribution in [0.2, 0.25) is 236 Å². The Balaban J connectivity index is 0.000000159. The monoisotopic (exact) mass is 2060 g/mol. The molecule has 10 heterocycles. The van der Waals surface area contributed by atoms with Gasteiger partial charge in [-0.3, -0.25) is 0 Å². The highest BCUT2D eigenvalue weighted by molar-refractivity contribution is 7.11. The quantitative estimate of drug-likeness (QED) is 0.100. The lowest BCUT2D eigenvalue weighted by molar-refractivity contribution is 1.23. The summed E-state index contributed by atoms with van der Waals surface area (Å²) in [6.07, 6.45) is 0. The van der Waals surface area contributed by atoms with Crippen molar-refractivity contribution >= 4 is 377 Å². The Morgan fingerprint density at radius 1 is 0.126 bits per heavy atom. The van der Waals surface area contributed by atoms with Gasteiger partial charge in [-0.05, 0) is 173 Å². The van der Waals surface area contributed by atoms with Gasteiger partial charge in [-0.25, -0.2) is 0 Å². The molecular formula is C120H147B5N6Si12. The maximum Gasteiger partial charge on any atom is 0.252 e. The van der Waals surface area contributed by atoms with Gasteiger partial charge in [0.25, 0.3) is 33.6 Å². The standard InChI is InChI=1S/C60H72B3N3Si6.C60H75B2N3Si6/c1-67(2,3)37-19-25-49-43(31-37)61-44-32-38(68(4,5)6)20-26-50(44)65-52-28-22-40(70(10,11)12)34-46(52)63-48-36-42(72(16,17)18)24-30-54(48)66-53-29-23-41(71(13,14)15)35-47(53)62-45-33-39(69(7,8)9)21-27-51(45)64(49)58-55(61)59(65)57(63)60(66)56(58)62;1-66(2,3)42-23-19-40(20-24-42)63-52-31-27-44(68(7,8)9)35-48(52)61-50-37-46(70(13,14)15)29-33-54(50)65-55-34-30-47(71(16,17)18)38-51(55)62-49-36-45(69(10,11)12)28-32-53(49)64(41-21-25-43(26-22-41)67(4,5)6)57-39-56(63)58(61)60(65)59(57)62/h19-36H,1-18H3;19-39H,1-18H3. The zero-order valence-electron chi connectivity index (χ0n) is 92.6. The summed E-state index contributed by atoms with van der Waals surface area (Å²) in [4.78, 5) is 16.6. The van der Waals surface area contributed by atoms with Gasteiger partial charge in [-0.2, -0.15) is 0 Å². The molecule has 0 N–H and O–H groups in total. The molecule has 0 saturated heterocycles. The lowest BCUT2D eigenvalue weighted by Gasteiger charge is -2.56. The second kappa shape index (κ2) is 31.7. The summed E-state index contributed by atoms with van der Waals surface area (Å²) in [5.41, 5.74) is 46.6. The first-order chi connectivity index (χ1) is 66.5. The van der Waals surface area contributed by atoms with Crippen LogP contribution in [0.15, 0.2) is 237 Å². The molecule has 23 heteroatoms. The van der Waals surface area contributed by atoms with Crippen molar-refractivity contribution in [2.45, 2.75) is 236 Å². The van der Waals surface area contributed by atoms with Crippen molar-refractivity contribution in [3.63, 3.8) is 0 Å². The Hall–Kier alpha value is -9.19. The summed E-state index contributed by atoms with van der Waals surface area (Å²) in [6, 6.07) is 99.8. The number of benzene rings is 14. The molecule has 0 aliphatic carbocycles. The SMILES string of the molecule is C[Si](C)(C)c1ccc(N2c3ccc([Si](C)(C)C)cc3B3c4cc([Si](C)(C)C)ccc4N4c5ccc([Si](C)(C)C)cc5B5c6cc([Si](C)(C)C)ccc6N(c6ccc([Si](C)(C)C)cc6)c6cc2c3c4c65)cc1.C[Si](C)(C)c1ccc2c(c1)B1c3cc([Si](C)(C)C)ccc3N3c4ccc([Si](C)(C)C)cc4B4c5cc([Si](C)(C)C)ccc5N5c6ccc([Si](C)(C)C)cc6B6c7cc([Si](C)(C)C)ccc7N2c2c1c3c4c5c26. The Labute approximate surface area is 871 Å². The van der Waals surface area contributed by atoms with E-state index < -0.39 is 96.9 Å². The molecule has 10 aliphatic heterocycles. The van der Waals surface area contributed by atoms with Gasteiger partial charge in [0.05, 0.1) is 96.9 Å². The Kier molecular flexibility index (Phi) is 21.5. The van der Waals surface area contributed by atoms with Crippen LogP contribution in [0.25, 0.3) is 0 Å². The van der Waals surface area contributed by atoms with E-state index in [0.717, 1.165) is 0 Å². The van der Waals surface area contributed by atoms with E-state index in [9.17, 15) is 0 Å². The van der Waals surface area contributed by atoms with E-state index in [1.807, 2.05) is 0 Å². The molecule has 0 atom stereocenters. The van der Waals surface area contributed by atoms with Gasteiger partial charge in [0, 0.05) is 102 Å². The number of nitrogens with zero attached hydrogens (tertiary/aromatic N) is 6. The van der Waals surface area contributed by atoms with Crippen LogP contribution < -0.4 is 174 Å². The maximum absolute atomic E-state index is 2.82. The zero-order valence-corrected chi connectivity index (χ0v) is 105. The van der Waals surface area contributed by atoms with Gasteiger partial charge in [0.1, 0.15) is 0 Å². The van der Waals surface area contributed by atoms with Crippen LogP contribution in [0.4, 0.5) is 102 Å². The number of hydrogen-bond acceptors (Lipinski definition) is 6. The molecule has 0 fully saturated rings. The van der Waals surface area contributed by atoms with E-state index in [1.165, 1.54) is 215 Å². The molecule has 14 aromatic rings. The first-order valence-electron chi connectivity index (χ1n) is 53.5. The third kappa shape index (κ3) is 15.0. The van der Waals surface area contributed by atoms with Crippen molar-refractivity contribution < 1.29 is 0 Å². The van der Waals surface area contributed by atoms with Crippen molar-refractivity contribution in [1.29, 1.82) is 0 Å². The second-order valence-electron chi connectivity index (χ2n) is 56.4. The second-order valence-corrected chi connectivity index (χ2v) is 117. The fraction of sp³-hybridized carbons (Fsp3) is 0.300. The third-order valence-corrected chi connectivity index (χ3v) is 58.7. The highest BCUT2D eigenvalue weighted by atomic mass is 28.3. The highest BCUT2D eigenvalue weighted by Crippen LogP contribution is 2.54. The predicted molar refractivity (Wildman–Crippen MR) is 680 cm³/mol. The molecule has 14 aromatic carbocycles. The molecule has 0 saturated carbocycles. The molecule has 0 bridgehead atoms. The maximum atomic E-state index is 2.82. The Morgan fingerprint density at radius 2 is 0.252 bits per heavy atom. The fourth-order valence-electron chi connectivity index (χ4n) is 25.6. The smallest absolute Gasteiger partial charge is 0.252 e. The molecule has 0 spiro atoms. The molecule has 6 nitrogen and oxygen atoms in total. The van der Waals surface area contributed by atoms with Crippen molar-refractivity contribution in [3.05, 3.63) is 237 Å². The summed E-state index contributed by atoms with van der Waals surface area (Å²) in [5.74, 6) is 0. The topological polar surface area (TPSA) is 19.4 Å². The molecular weight excluding hydrogens is 1920 g/mol. The van der Waals surface area contributed by atoms with Crippen LogP contribution in [-0.4, -0.2) is 130 Å². The van der Waals surface area contributed by atoms with Crippen molar-refractivity contribution in [3.8, 4) is 0 Å². The Morgan fingerprint density at radius 3 is 0.399 bits per heavy atom.